The largest absolute Gasteiger partial charge is 0.374 e. The number of halogens is 1. The Morgan fingerprint density at radius 3 is 2.74 bits per heavy atom. The number of hydrogen-bond donors (Lipinski definition) is 2. The normalized spacial score (nSPS) is 27.2. The minimum Gasteiger partial charge on any atom is -0.374 e. The van der Waals surface area contributed by atoms with E-state index in [4.69, 9.17) is 4.74 Å². The van der Waals surface area contributed by atoms with Crippen molar-refractivity contribution in [3.63, 3.8) is 0 Å². The molecule has 27 heavy (non-hydrogen) atoms. The highest BCUT2D eigenvalue weighted by atomic mass is 127. The lowest BCUT2D eigenvalue weighted by Crippen LogP contribution is -2.50. The van der Waals surface area contributed by atoms with Crippen molar-refractivity contribution in [3.05, 3.63) is 35.9 Å². The number of aliphatic imine (C=N–C) groups is 1. The summed E-state index contributed by atoms with van der Waals surface area (Å²) in [5, 5.41) is 7.03. The Bertz CT molecular complexity index is 585. The van der Waals surface area contributed by atoms with Crippen LogP contribution in [0.1, 0.15) is 18.9 Å². The van der Waals surface area contributed by atoms with Crippen LogP contribution in [0.4, 0.5) is 0 Å². The third-order valence-corrected chi connectivity index (χ3v) is 5.34. The summed E-state index contributed by atoms with van der Waals surface area (Å²) in [6.45, 7) is 7.94. The van der Waals surface area contributed by atoms with Crippen LogP contribution in [0.3, 0.4) is 0 Å². The molecule has 3 rings (SSSR count). The molecule has 2 fully saturated rings. The average Bonchev–Trinajstić information content (AvgIpc) is 2.98. The number of hydrogen-bond acceptors (Lipinski definition) is 4. The van der Waals surface area contributed by atoms with Crippen molar-refractivity contribution in [2.24, 2.45) is 4.99 Å². The molecule has 0 aliphatic carbocycles. The lowest BCUT2D eigenvalue weighted by atomic mass is 10.2. The molecule has 152 valence electrons. The van der Waals surface area contributed by atoms with Gasteiger partial charge in [-0.3, -0.25) is 9.89 Å². The summed E-state index contributed by atoms with van der Waals surface area (Å²) in [6, 6.07) is 11.7. The molecule has 2 heterocycles. The minimum absolute atomic E-state index is 0. The smallest absolute Gasteiger partial charge is 0.191 e. The first-order chi connectivity index (χ1) is 12.6. The predicted molar refractivity (Wildman–Crippen MR) is 122 cm³/mol. The van der Waals surface area contributed by atoms with Gasteiger partial charge in [0, 0.05) is 51.9 Å². The number of morpholine rings is 1. The summed E-state index contributed by atoms with van der Waals surface area (Å²) in [6.07, 6.45) is 1.36. The third kappa shape index (κ3) is 6.89. The highest BCUT2D eigenvalue weighted by Crippen LogP contribution is 2.20. The van der Waals surface area contributed by atoms with E-state index in [1.165, 1.54) is 5.56 Å². The van der Waals surface area contributed by atoms with E-state index in [9.17, 15) is 0 Å². The van der Waals surface area contributed by atoms with Gasteiger partial charge >= 0.3 is 0 Å². The molecule has 2 aliphatic rings. The van der Waals surface area contributed by atoms with E-state index >= 15 is 0 Å². The van der Waals surface area contributed by atoms with Gasteiger partial charge in [0.25, 0.3) is 0 Å². The molecule has 0 spiro atoms. The van der Waals surface area contributed by atoms with E-state index in [0.29, 0.717) is 12.1 Å². The van der Waals surface area contributed by atoms with Crippen LogP contribution in [0.15, 0.2) is 35.3 Å². The van der Waals surface area contributed by atoms with Gasteiger partial charge in [-0.05, 0) is 26.0 Å². The molecule has 2 aliphatic heterocycles. The van der Waals surface area contributed by atoms with Crippen LogP contribution in [-0.4, -0.2) is 80.8 Å². The van der Waals surface area contributed by atoms with Gasteiger partial charge < -0.3 is 20.3 Å². The molecule has 0 bridgehead atoms. The second kappa shape index (κ2) is 11.2. The van der Waals surface area contributed by atoms with Crippen molar-refractivity contribution in [1.82, 2.24) is 20.4 Å². The van der Waals surface area contributed by atoms with Crippen molar-refractivity contribution in [3.8, 4) is 0 Å². The average molecular weight is 487 g/mol. The highest BCUT2D eigenvalue weighted by Gasteiger charge is 2.29. The number of ether oxygens (including phenoxy) is 1. The quantitative estimate of drug-likeness (QED) is 0.377. The van der Waals surface area contributed by atoms with Gasteiger partial charge in [-0.25, -0.2) is 0 Å². The molecule has 1 aromatic carbocycles. The summed E-state index contributed by atoms with van der Waals surface area (Å²) >= 11 is 0. The topological polar surface area (TPSA) is 52.1 Å². The molecular formula is C20H34IN5O. The number of guanidine groups is 1. The van der Waals surface area contributed by atoms with Crippen LogP contribution in [0.2, 0.25) is 0 Å². The summed E-state index contributed by atoms with van der Waals surface area (Å²) in [7, 11) is 3.98. The lowest BCUT2D eigenvalue weighted by molar-refractivity contribution is -0.0161. The van der Waals surface area contributed by atoms with Crippen LogP contribution in [0, 0.1) is 0 Å². The van der Waals surface area contributed by atoms with Gasteiger partial charge in [0.2, 0.25) is 0 Å². The Morgan fingerprint density at radius 2 is 2.04 bits per heavy atom. The molecule has 1 aromatic rings. The molecule has 3 unspecified atom stereocenters. The Labute approximate surface area is 180 Å². The molecule has 7 heteroatoms. The summed E-state index contributed by atoms with van der Waals surface area (Å²) in [4.78, 5) is 9.25. The van der Waals surface area contributed by atoms with Gasteiger partial charge in [-0.1, -0.05) is 30.3 Å². The monoisotopic (exact) mass is 487 g/mol. The fourth-order valence-electron chi connectivity index (χ4n) is 3.83. The van der Waals surface area contributed by atoms with Crippen molar-refractivity contribution in [2.45, 2.75) is 38.1 Å². The highest BCUT2D eigenvalue weighted by molar-refractivity contribution is 14.0. The third-order valence-electron chi connectivity index (χ3n) is 5.34. The van der Waals surface area contributed by atoms with Gasteiger partial charge in [0.05, 0.1) is 12.7 Å². The van der Waals surface area contributed by atoms with Crippen LogP contribution < -0.4 is 10.6 Å². The van der Waals surface area contributed by atoms with Crippen LogP contribution >= 0.6 is 24.0 Å². The first-order valence-corrected chi connectivity index (χ1v) is 9.69. The molecule has 0 saturated carbocycles. The number of likely N-dealkylation sites (N-methyl/N-ethyl adjacent to an activating group) is 1. The Balaban J connectivity index is 0.00000261. The molecular weight excluding hydrogens is 453 g/mol. The summed E-state index contributed by atoms with van der Waals surface area (Å²) in [5.74, 6) is 0.876. The fourth-order valence-corrected chi connectivity index (χ4v) is 3.83. The maximum absolute atomic E-state index is 5.82. The number of likely N-dealkylation sites (tertiary alicyclic amines) is 1. The fraction of sp³-hybridized carbons (Fsp3) is 0.650. The molecule has 0 amide bonds. The van der Waals surface area contributed by atoms with Crippen molar-refractivity contribution in [1.29, 1.82) is 0 Å². The molecule has 0 radical (unpaired) electrons. The van der Waals surface area contributed by atoms with Crippen LogP contribution in [-0.2, 0) is 11.3 Å². The maximum atomic E-state index is 5.82. The zero-order valence-electron chi connectivity index (χ0n) is 16.7. The maximum Gasteiger partial charge on any atom is 0.191 e. The van der Waals surface area contributed by atoms with Gasteiger partial charge in [-0.2, -0.15) is 0 Å². The van der Waals surface area contributed by atoms with Crippen molar-refractivity contribution >= 4 is 29.9 Å². The van der Waals surface area contributed by atoms with E-state index in [0.717, 1.165) is 51.7 Å². The number of nitrogens with zero attached hydrogens (tertiary/aromatic N) is 3. The van der Waals surface area contributed by atoms with E-state index in [-0.39, 0.29) is 30.1 Å². The Kier molecular flexibility index (Phi) is 9.28. The Hall–Kier alpha value is -0.900. The van der Waals surface area contributed by atoms with Crippen molar-refractivity contribution in [2.75, 3.05) is 46.9 Å². The van der Waals surface area contributed by atoms with E-state index in [2.05, 4.69) is 69.7 Å². The van der Waals surface area contributed by atoms with E-state index in [1.807, 2.05) is 7.05 Å². The van der Waals surface area contributed by atoms with Crippen molar-refractivity contribution < 1.29 is 4.74 Å². The zero-order chi connectivity index (χ0) is 18.4. The Morgan fingerprint density at radius 1 is 1.26 bits per heavy atom. The summed E-state index contributed by atoms with van der Waals surface area (Å²) < 4.78 is 5.82. The standard InChI is InChI=1S/C20H33N5O.HI/c1-16-11-18(14-25(16)13-17-7-5-4-6-8-17)23-20(21-2)22-12-19-15-24(3)9-10-26-19;/h4-8,16,18-19H,9-15H2,1-3H3,(H2,21,22,23);1H. The molecule has 2 N–H and O–H groups in total. The van der Waals surface area contributed by atoms with Crippen LogP contribution in [0.5, 0.6) is 0 Å². The molecule has 3 atom stereocenters. The molecule has 0 aromatic heterocycles. The first-order valence-electron chi connectivity index (χ1n) is 9.69. The van der Waals surface area contributed by atoms with E-state index in [1.54, 1.807) is 0 Å². The number of nitrogens with one attached hydrogen (secondary N) is 2. The minimum atomic E-state index is 0. The zero-order valence-corrected chi connectivity index (χ0v) is 19.1. The van der Waals surface area contributed by atoms with Crippen LogP contribution in [0.25, 0.3) is 0 Å². The second-order valence-electron chi connectivity index (χ2n) is 7.55. The van der Waals surface area contributed by atoms with Gasteiger partial charge in [-0.15, -0.1) is 24.0 Å². The second-order valence-corrected chi connectivity index (χ2v) is 7.55. The SMILES string of the molecule is CN=C(NCC1CN(C)CCO1)NC1CC(C)N(Cc2ccccc2)C1.I. The summed E-state index contributed by atoms with van der Waals surface area (Å²) in [5.41, 5.74) is 1.38. The van der Waals surface area contributed by atoms with Gasteiger partial charge in [0.1, 0.15) is 0 Å². The van der Waals surface area contributed by atoms with Gasteiger partial charge in [0.15, 0.2) is 5.96 Å². The molecule has 2 saturated heterocycles. The number of benzene rings is 1. The predicted octanol–water partition coefficient (Wildman–Crippen LogP) is 1.76. The lowest BCUT2D eigenvalue weighted by Gasteiger charge is -2.30. The molecule has 6 nitrogen and oxygen atoms in total. The first kappa shape index (κ1) is 22.4. The van der Waals surface area contributed by atoms with E-state index < -0.39 is 0 Å². The number of rotatable bonds is 5.